The molecule has 3 aromatic rings. The average molecular weight is 458 g/mol. The van der Waals surface area contributed by atoms with E-state index in [1.807, 2.05) is 6.07 Å². The van der Waals surface area contributed by atoms with Crippen LogP contribution >= 0.6 is 0 Å². The summed E-state index contributed by atoms with van der Waals surface area (Å²) in [6, 6.07) is 9.03. The molecule has 1 aromatic carbocycles. The first-order valence-corrected chi connectivity index (χ1v) is 11.5. The van der Waals surface area contributed by atoms with Crippen molar-refractivity contribution in [2.24, 2.45) is 5.92 Å². The Labute approximate surface area is 191 Å². The first-order chi connectivity index (χ1) is 16.1. The van der Waals surface area contributed by atoms with Gasteiger partial charge < -0.3 is 20.3 Å². The minimum absolute atomic E-state index is 0.118. The second kappa shape index (κ2) is 9.56. The van der Waals surface area contributed by atoms with E-state index in [1.54, 1.807) is 24.3 Å². The van der Waals surface area contributed by atoms with Crippen LogP contribution in [0, 0.1) is 5.92 Å². The van der Waals surface area contributed by atoms with Crippen LogP contribution < -0.4 is 15.5 Å². The summed E-state index contributed by atoms with van der Waals surface area (Å²) in [4.78, 5) is 15.8. The normalized spacial score (nSPS) is 20.0. The zero-order chi connectivity index (χ0) is 22.8. The van der Waals surface area contributed by atoms with E-state index < -0.39 is 6.43 Å². The third kappa shape index (κ3) is 4.63. The van der Waals surface area contributed by atoms with Crippen LogP contribution in [0.1, 0.15) is 32.0 Å². The van der Waals surface area contributed by atoms with Crippen molar-refractivity contribution >= 4 is 22.8 Å². The SMILES string of the molecule is C[C@@H]1COCCN1c1cc(-n2c(C(F)F)nc3ccccc32)nc(NCC2CCNCC2)n1. The van der Waals surface area contributed by atoms with Crippen LogP contribution in [0.2, 0.25) is 0 Å². The van der Waals surface area contributed by atoms with E-state index in [0.29, 0.717) is 54.3 Å². The Morgan fingerprint density at radius 1 is 1.15 bits per heavy atom. The van der Waals surface area contributed by atoms with Crippen molar-refractivity contribution < 1.29 is 13.5 Å². The van der Waals surface area contributed by atoms with E-state index in [4.69, 9.17) is 9.72 Å². The number of para-hydroxylation sites is 2. The lowest BCUT2D eigenvalue weighted by Crippen LogP contribution is -2.44. The summed E-state index contributed by atoms with van der Waals surface area (Å²) in [5.41, 5.74) is 1.11. The molecule has 5 rings (SSSR count). The van der Waals surface area contributed by atoms with Crippen molar-refractivity contribution in [3.05, 3.63) is 36.2 Å². The summed E-state index contributed by atoms with van der Waals surface area (Å²) in [5.74, 6) is 1.73. The van der Waals surface area contributed by atoms with Crippen molar-refractivity contribution in [2.75, 3.05) is 49.6 Å². The molecule has 0 radical (unpaired) electrons. The van der Waals surface area contributed by atoms with Gasteiger partial charge in [-0.25, -0.2) is 13.8 Å². The number of anilines is 2. The molecule has 2 N–H and O–H groups in total. The van der Waals surface area contributed by atoms with Gasteiger partial charge in [-0.05, 0) is 50.9 Å². The van der Waals surface area contributed by atoms with Crippen LogP contribution in [0.15, 0.2) is 30.3 Å². The lowest BCUT2D eigenvalue weighted by atomic mass is 9.98. The van der Waals surface area contributed by atoms with E-state index in [1.165, 1.54) is 4.57 Å². The fraction of sp³-hybridized carbons (Fsp3) is 0.522. The highest BCUT2D eigenvalue weighted by atomic mass is 19.3. The van der Waals surface area contributed by atoms with Gasteiger partial charge in [0.05, 0.1) is 30.3 Å². The lowest BCUT2D eigenvalue weighted by Gasteiger charge is -2.34. The first kappa shape index (κ1) is 22.0. The Hall–Kier alpha value is -2.85. The quantitative estimate of drug-likeness (QED) is 0.587. The van der Waals surface area contributed by atoms with Gasteiger partial charge in [0.25, 0.3) is 6.43 Å². The minimum Gasteiger partial charge on any atom is -0.377 e. The highest BCUT2D eigenvalue weighted by Gasteiger charge is 2.25. The Morgan fingerprint density at radius 2 is 1.94 bits per heavy atom. The number of imidazole rings is 1. The zero-order valence-electron chi connectivity index (χ0n) is 18.7. The number of piperidine rings is 1. The van der Waals surface area contributed by atoms with Crippen molar-refractivity contribution in [2.45, 2.75) is 32.2 Å². The summed E-state index contributed by atoms with van der Waals surface area (Å²) >= 11 is 0. The molecule has 8 nitrogen and oxygen atoms in total. The van der Waals surface area contributed by atoms with E-state index in [-0.39, 0.29) is 11.9 Å². The summed E-state index contributed by atoms with van der Waals surface area (Å²) in [7, 11) is 0. The molecule has 0 aliphatic carbocycles. The topological polar surface area (TPSA) is 80.1 Å². The molecule has 2 aromatic heterocycles. The number of hydrogen-bond donors (Lipinski definition) is 2. The van der Waals surface area contributed by atoms with Crippen molar-refractivity contribution in [1.82, 2.24) is 24.8 Å². The van der Waals surface area contributed by atoms with E-state index >= 15 is 0 Å². The Morgan fingerprint density at radius 3 is 2.73 bits per heavy atom. The third-order valence-corrected chi connectivity index (χ3v) is 6.38. The van der Waals surface area contributed by atoms with Crippen molar-refractivity contribution in [3.63, 3.8) is 0 Å². The molecular formula is C23H29F2N7O. The molecule has 2 aliphatic rings. The molecule has 33 heavy (non-hydrogen) atoms. The van der Waals surface area contributed by atoms with E-state index in [2.05, 4.69) is 32.4 Å². The molecule has 2 aliphatic heterocycles. The predicted octanol–water partition coefficient (Wildman–Crippen LogP) is 3.39. The van der Waals surface area contributed by atoms with Crippen molar-refractivity contribution in [3.8, 4) is 5.82 Å². The number of ether oxygens (including phenoxy) is 1. The molecule has 0 unspecified atom stereocenters. The summed E-state index contributed by atoms with van der Waals surface area (Å²) < 4.78 is 35.0. The van der Waals surface area contributed by atoms with Gasteiger partial charge in [-0.2, -0.15) is 9.97 Å². The van der Waals surface area contributed by atoms with Crippen LogP contribution in [0.3, 0.4) is 0 Å². The van der Waals surface area contributed by atoms with Crippen LogP contribution in [0.4, 0.5) is 20.5 Å². The smallest absolute Gasteiger partial charge is 0.296 e. The number of fused-ring (bicyclic) bond motifs is 1. The maximum Gasteiger partial charge on any atom is 0.296 e. The maximum absolute atomic E-state index is 14.0. The van der Waals surface area contributed by atoms with Crippen LogP contribution in [0.25, 0.3) is 16.9 Å². The standard InChI is InChI=1S/C23H29F2N7O/c1-15-14-33-11-10-31(15)19-12-20(30-23(29-19)27-13-16-6-8-26-9-7-16)32-18-5-3-2-4-17(18)28-22(32)21(24)25/h2-5,12,15-16,21,26H,6-11,13-14H2,1H3,(H,27,29,30)/t15-/m1/s1. The fourth-order valence-corrected chi connectivity index (χ4v) is 4.58. The van der Waals surface area contributed by atoms with Crippen LogP contribution in [0.5, 0.6) is 0 Å². The second-order valence-corrected chi connectivity index (χ2v) is 8.69. The molecular weight excluding hydrogens is 428 g/mol. The van der Waals surface area contributed by atoms with Crippen molar-refractivity contribution in [1.29, 1.82) is 0 Å². The average Bonchev–Trinajstić information content (AvgIpc) is 3.24. The Kier molecular flexibility index (Phi) is 6.37. The minimum atomic E-state index is -2.73. The Balaban J connectivity index is 1.57. The molecule has 0 spiro atoms. The maximum atomic E-state index is 14.0. The van der Waals surface area contributed by atoms with Crippen LogP contribution in [-0.4, -0.2) is 65.0 Å². The molecule has 0 bridgehead atoms. The highest BCUT2D eigenvalue weighted by molar-refractivity contribution is 5.78. The number of aromatic nitrogens is 4. The first-order valence-electron chi connectivity index (χ1n) is 11.5. The number of nitrogens with one attached hydrogen (secondary N) is 2. The second-order valence-electron chi connectivity index (χ2n) is 8.69. The monoisotopic (exact) mass is 457 g/mol. The van der Waals surface area contributed by atoms with Gasteiger partial charge >= 0.3 is 0 Å². The fourth-order valence-electron chi connectivity index (χ4n) is 4.58. The summed E-state index contributed by atoms with van der Waals surface area (Å²) in [6.45, 7) is 6.68. The number of halogens is 2. The summed E-state index contributed by atoms with van der Waals surface area (Å²) in [6.07, 6.45) is -0.562. The molecule has 10 heteroatoms. The molecule has 1 atom stereocenters. The van der Waals surface area contributed by atoms with Gasteiger partial charge in [-0.1, -0.05) is 12.1 Å². The van der Waals surface area contributed by atoms with Gasteiger partial charge in [-0.15, -0.1) is 0 Å². The molecule has 0 amide bonds. The van der Waals surface area contributed by atoms with Gasteiger partial charge in [0.2, 0.25) is 5.95 Å². The van der Waals surface area contributed by atoms with E-state index in [9.17, 15) is 8.78 Å². The molecule has 2 fully saturated rings. The number of nitrogens with zero attached hydrogens (tertiary/aromatic N) is 5. The summed E-state index contributed by atoms with van der Waals surface area (Å²) in [5, 5.41) is 6.75. The molecule has 176 valence electrons. The number of hydrogen-bond acceptors (Lipinski definition) is 7. The van der Waals surface area contributed by atoms with Gasteiger partial charge in [0, 0.05) is 19.2 Å². The predicted molar refractivity (Wildman–Crippen MR) is 123 cm³/mol. The number of benzene rings is 1. The molecule has 4 heterocycles. The Bertz CT molecular complexity index is 1100. The zero-order valence-corrected chi connectivity index (χ0v) is 18.7. The van der Waals surface area contributed by atoms with Gasteiger partial charge in [0.15, 0.2) is 5.82 Å². The number of morpholine rings is 1. The number of rotatable bonds is 6. The van der Waals surface area contributed by atoms with Crippen LogP contribution in [-0.2, 0) is 4.74 Å². The third-order valence-electron chi connectivity index (χ3n) is 6.38. The molecule has 0 saturated carbocycles. The highest BCUT2D eigenvalue weighted by Crippen LogP contribution is 2.30. The van der Waals surface area contributed by atoms with Gasteiger partial charge in [0.1, 0.15) is 11.6 Å². The molecule has 2 saturated heterocycles. The van der Waals surface area contributed by atoms with E-state index in [0.717, 1.165) is 32.5 Å². The number of alkyl halides is 2. The van der Waals surface area contributed by atoms with Gasteiger partial charge in [-0.3, -0.25) is 4.57 Å². The largest absolute Gasteiger partial charge is 0.377 e. The lowest BCUT2D eigenvalue weighted by molar-refractivity contribution is 0.0985.